The zero-order valence-electron chi connectivity index (χ0n) is 8.31. The van der Waals surface area contributed by atoms with Crippen LogP contribution in [-0.4, -0.2) is 5.78 Å². The van der Waals surface area contributed by atoms with Crippen molar-refractivity contribution in [3.05, 3.63) is 46.5 Å². The van der Waals surface area contributed by atoms with Crippen molar-refractivity contribution in [3.63, 3.8) is 0 Å². The van der Waals surface area contributed by atoms with Crippen molar-refractivity contribution < 1.29 is 9.21 Å². The largest absolute Gasteiger partial charge is 0.469 e. The summed E-state index contributed by atoms with van der Waals surface area (Å²) < 4.78 is 5.17. The molecule has 0 aliphatic rings. The van der Waals surface area contributed by atoms with Crippen LogP contribution in [0.2, 0.25) is 0 Å². The fourth-order valence-corrected chi connectivity index (χ4v) is 2.15. The van der Waals surface area contributed by atoms with Gasteiger partial charge in [0.1, 0.15) is 11.5 Å². The highest BCUT2D eigenvalue weighted by Gasteiger charge is 2.05. The maximum atomic E-state index is 11.6. The Morgan fingerprint density at radius 1 is 1.33 bits per heavy atom. The molecule has 15 heavy (non-hydrogen) atoms. The summed E-state index contributed by atoms with van der Waals surface area (Å²) in [4.78, 5) is 12.7. The van der Waals surface area contributed by atoms with Gasteiger partial charge in [-0.1, -0.05) is 6.07 Å². The molecule has 0 saturated carbocycles. The molecule has 0 bridgehead atoms. The van der Waals surface area contributed by atoms with Gasteiger partial charge >= 0.3 is 0 Å². The molecule has 2 aromatic heterocycles. The fourth-order valence-electron chi connectivity index (χ4n) is 1.41. The van der Waals surface area contributed by atoms with E-state index >= 15 is 0 Å². The van der Waals surface area contributed by atoms with E-state index in [0.717, 1.165) is 10.6 Å². The molecular formula is C12H12O2S. The van der Waals surface area contributed by atoms with E-state index in [1.165, 1.54) is 0 Å². The van der Waals surface area contributed by atoms with Gasteiger partial charge in [0.05, 0.1) is 6.26 Å². The van der Waals surface area contributed by atoms with E-state index in [4.69, 9.17) is 4.42 Å². The van der Waals surface area contributed by atoms with Crippen LogP contribution in [-0.2, 0) is 17.6 Å². The third-order valence-corrected chi connectivity index (χ3v) is 3.06. The molecule has 2 heterocycles. The number of furan rings is 1. The van der Waals surface area contributed by atoms with Crippen LogP contribution in [0.3, 0.4) is 0 Å². The highest BCUT2D eigenvalue weighted by molar-refractivity contribution is 7.10. The molecule has 0 atom stereocenters. The minimum Gasteiger partial charge on any atom is -0.469 e. The Morgan fingerprint density at radius 3 is 2.93 bits per heavy atom. The van der Waals surface area contributed by atoms with Crippen LogP contribution in [0.1, 0.15) is 17.1 Å². The molecule has 0 aromatic carbocycles. The van der Waals surface area contributed by atoms with Crippen molar-refractivity contribution in [3.8, 4) is 0 Å². The molecule has 2 aromatic rings. The van der Waals surface area contributed by atoms with Gasteiger partial charge < -0.3 is 4.42 Å². The fraction of sp³-hybridized carbons (Fsp3) is 0.250. The predicted molar refractivity (Wildman–Crippen MR) is 60.1 cm³/mol. The number of carbonyl (C=O) groups is 1. The van der Waals surface area contributed by atoms with Crippen LogP contribution in [0.15, 0.2) is 40.3 Å². The van der Waals surface area contributed by atoms with E-state index in [1.807, 2.05) is 29.6 Å². The lowest BCUT2D eigenvalue weighted by atomic mass is 10.1. The molecule has 0 fully saturated rings. The normalized spacial score (nSPS) is 10.4. The molecule has 0 spiro atoms. The first-order chi connectivity index (χ1) is 7.34. The third kappa shape index (κ3) is 3.06. The van der Waals surface area contributed by atoms with Crippen molar-refractivity contribution >= 4 is 17.1 Å². The number of hydrogen-bond donors (Lipinski definition) is 0. The summed E-state index contributed by atoms with van der Waals surface area (Å²) in [6.45, 7) is 0. The second-order valence-electron chi connectivity index (χ2n) is 3.37. The van der Waals surface area contributed by atoms with Crippen molar-refractivity contribution in [1.82, 2.24) is 0 Å². The summed E-state index contributed by atoms with van der Waals surface area (Å²) in [6, 6.07) is 7.72. The van der Waals surface area contributed by atoms with Gasteiger partial charge in [-0.25, -0.2) is 0 Å². The highest BCUT2D eigenvalue weighted by atomic mass is 32.1. The Hall–Kier alpha value is -1.35. The van der Waals surface area contributed by atoms with Gasteiger partial charge in [-0.2, -0.15) is 0 Å². The minimum atomic E-state index is 0.272. The Kier molecular flexibility index (Phi) is 3.35. The van der Waals surface area contributed by atoms with E-state index in [-0.39, 0.29) is 5.78 Å². The number of hydrogen-bond acceptors (Lipinski definition) is 3. The molecule has 0 saturated heterocycles. The van der Waals surface area contributed by atoms with E-state index in [9.17, 15) is 4.79 Å². The van der Waals surface area contributed by atoms with Gasteiger partial charge in [0.2, 0.25) is 0 Å². The predicted octanol–water partition coefficient (Wildman–Crippen LogP) is 3.09. The van der Waals surface area contributed by atoms with Crippen LogP contribution >= 0.6 is 11.3 Å². The summed E-state index contributed by atoms with van der Waals surface area (Å²) in [5.74, 6) is 1.16. The smallest absolute Gasteiger partial charge is 0.138 e. The van der Waals surface area contributed by atoms with Gasteiger partial charge in [-0.15, -0.1) is 11.3 Å². The molecular weight excluding hydrogens is 208 g/mol. The second kappa shape index (κ2) is 4.94. The molecule has 0 radical (unpaired) electrons. The summed E-state index contributed by atoms with van der Waals surface area (Å²) in [7, 11) is 0. The van der Waals surface area contributed by atoms with E-state index in [2.05, 4.69) is 0 Å². The second-order valence-corrected chi connectivity index (χ2v) is 4.41. The first kappa shape index (κ1) is 10.2. The Labute approximate surface area is 92.5 Å². The highest BCUT2D eigenvalue weighted by Crippen LogP contribution is 2.11. The van der Waals surface area contributed by atoms with Crippen LogP contribution in [0, 0.1) is 0 Å². The van der Waals surface area contributed by atoms with Crippen molar-refractivity contribution in [2.24, 2.45) is 0 Å². The maximum Gasteiger partial charge on any atom is 0.138 e. The van der Waals surface area contributed by atoms with Gasteiger partial charge in [-0.05, 0) is 23.6 Å². The lowest BCUT2D eigenvalue weighted by Gasteiger charge is -1.97. The van der Waals surface area contributed by atoms with Gasteiger partial charge in [0, 0.05) is 24.1 Å². The van der Waals surface area contributed by atoms with E-state index in [0.29, 0.717) is 19.3 Å². The van der Waals surface area contributed by atoms with E-state index < -0.39 is 0 Å². The average Bonchev–Trinajstić information content (AvgIpc) is 2.86. The van der Waals surface area contributed by atoms with Crippen molar-refractivity contribution in [1.29, 1.82) is 0 Å². The lowest BCUT2D eigenvalue weighted by Crippen LogP contribution is -2.02. The zero-order chi connectivity index (χ0) is 10.5. The Bertz CT molecular complexity index is 401. The first-order valence-corrected chi connectivity index (χ1v) is 5.79. The Morgan fingerprint density at radius 2 is 2.27 bits per heavy atom. The molecule has 0 aliphatic carbocycles. The van der Waals surface area contributed by atoms with Crippen molar-refractivity contribution in [2.45, 2.75) is 19.3 Å². The van der Waals surface area contributed by atoms with Crippen LogP contribution in [0.5, 0.6) is 0 Å². The summed E-state index contributed by atoms with van der Waals surface area (Å²) in [6.07, 6.45) is 3.46. The maximum absolute atomic E-state index is 11.6. The zero-order valence-corrected chi connectivity index (χ0v) is 9.13. The number of Topliss-reactive ketones (excluding diaryl/α,β-unsaturated/α-hetero) is 1. The Balaban J connectivity index is 1.78. The van der Waals surface area contributed by atoms with Crippen LogP contribution < -0.4 is 0 Å². The number of aryl methyl sites for hydroxylation is 1. The summed E-state index contributed by atoms with van der Waals surface area (Å²) >= 11 is 1.63. The standard InChI is InChI=1S/C12H12O2S/c13-10(9-12-4-2-8-15-12)5-6-11-3-1-7-14-11/h1-4,7-8H,5-6,9H2. The summed E-state index contributed by atoms with van der Waals surface area (Å²) in [5.41, 5.74) is 0. The number of thiophene rings is 1. The molecule has 0 N–H and O–H groups in total. The van der Waals surface area contributed by atoms with Gasteiger partial charge in [0.15, 0.2) is 0 Å². The SMILES string of the molecule is O=C(CCc1ccco1)Cc1cccs1. The number of carbonyl (C=O) groups excluding carboxylic acids is 1. The number of ketones is 1. The quantitative estimate of drug-likeness (QED) is 0.775. The van der Waals surface area contributed by atoms with Gasteiger partial charge in [-0.3, -0.25) is 4.79 Å². The summed E-state index contributed by atoms with van der Waals surface area (Å²) in [5, 5.41) is 2.00. The molecule has 3 heteroatoms. The first-order valence-electron chi connectivity index (χ1n) is 4.91. The molecule has 0 aliphatic heterocycles. The van der Waals surface area contributed by atoms with Crippen LogP contribution in [0.4, 0.5) is 0 Å². The molecule has 2 nitrogen and oxygen atoms in total. The third-order valence-electron chi connectivity index (χ3n) is 2.18. The topological polar surface area (TPSA) is 30.2 Å². The minimum absolute atomic E-state index is 0.272. The molecule has 0 amide bonds. The van der Waals surface area contributed by atoms with E-state index in [1.54, 1.807) is 17.6 Å². The van der Waals surface area contributed by atoms with Gasteiger partial charge in [0.25, 0.3) is 0 Å². The van der Waals surface area contributed by atoms with Crippen molar-refractivity contribution in [2.75, 3.05) is 0 Å². The average molecular weight is 220 g/mol. The molecule has 78 valence electrons. The lowest BCUT2D eigenvalue weighted by molar-refractivity contribution is -0.118. The molecule has 0 unspecified atom stereocenters. The molecule has 2 rings (SSSR count). The number of rotatable bonds is 5. The van der Waals surface area contributed by atoms with Crippen LogP contribution in [0.25, 0.3) is 0 Å². The monoisotopic (exact) mass is 220 g/mol.